The number of amides is 1. The van der Waals surface area contributed by atoms with E-state index in [1.807, 2.05) is 24.1 Å². The molecule has 1 amide bonds. The predicted octanol–water partition coefficient (Wildman–Crippen LogP) is 1.99. The van der Waals surface area contributed by atoms with Crippen LogP contribution in [0.4, 0.5) is 0 Å². The Morgan fingerprint density at radius 2 is 1.95 bits per heavy atom. The van der Waals surface area contributed by atoms with Gasteiger partial charge in [0.25, 0.3) is 5.91 Å². The molecule has 1 aliphatic heterocycles. The van der Waals surface area contributed by atoms with Crippen LogP contribution in [0.5, 0.6) is 0 Å². The van der Waals surface area contributed by atoms with E-state index >= 15 is 0 Å². The lowest BCUT2D eigenvalue weighted by atomic mass is 10.1. The van der Waals surface area contributed by atoms with Crippen LogP contribution >= 0.6 is 11.8 Å². The Morgan fingerprint density at radius 1 is 1.19 bits per heavy atom. The van der Waals surface area contributed by atoms with Gasteiger partial charge in [-0.25, -0.2) is 0 Å². The van der Waals surface area contributed by atoms with E-state index in [9.17, 15) is 9.59 Å². The zero-order chi connectivity index (χ0) is 14.8. The summed E-state index contributed by atoms with van der Waals surface area (Å²) in [6.07, 6.45) is 0. The second-order valence-electron chi connectivity index (χ2n) is 5.16. The molecule has 0 aromatic heterocycles. The lowest BCUT2D eigenvalue weighted by molar-refractivity contribution is -0.141. The quantitative estimate of drug-likeness (QED) is 0.881. The van der Waals surface area contributed by atoms with Crippen molar-refractivity contribution in [3.63, 3.8) is 0 Å². The number of nitrogens with zero attached hydrogens (tertiary/aromatic N) is 1. The third kappa shape index (κ3) is 3.09. The highest BCUT2D eigenvalue weighted by Crippen LogP contribution is 2.23. The van der Waals surface area contributed by atoms with Crippen LogP contribution in [0.15, 0.2) is 42.5 Å². The van der Waals surface area contributed by atoms with Crippen LogP contribution in [0.1, 0.15) is 5.56 Å². The fraction of sp³-hybridized carbons (Fsp3) is 0.250. The van der Waals surface area contributed by atoms with Crippen LogP contribution in [0.2, 0.25) is 0 Å². The average Bonchev–Trinajstić information content (AvgIpc) is 2.49. The third-order valence-corrected chi connectivity index (χ3v) is 4.82. The summed E-state index contributed by atoms with van der Waals surface area (Å²) in [7, 11) is 1.84. The maximum Gasteiger partial charge on any atom is 0.290 e. The molecular weight excluding hydrogens is 284 g/mol. The van der Waals surface area contributed by atoms with Crippen molar-refractivity contribution >= 4 is 34.2 Å². The molecule has 1 heterocycles. The fourth-order valence-electron chi connectivity index (χ4n) is 2.36. The summed E-state index contributed by atoms with van der Waals surface area (Å²) in [4.78, 5) is 24.6. The van der Waals surface area contributed by atoms with Crippen LogP contribution in [-0.4, -0.2) is 35.7 Å². The maximum absolute atomic E-state index is 11.4. The first-order valence-electron chi connectivity index (χ1n) is 6.77. The van der Waals surface area contributed by atoms with Crippen LogP contribution in [0.25, 0.3) is 10.8 Å². The summed E-state index contributed by atoms with van der Waals surface area (Å²) in [6, 6.07) is 14.6. The molecule has 2 aromatic rings. The number of carbonyl (C=O) groups is 2. The molecule has 1 saturated heterocycles. The molecule has 3 rings (SSSR count). The van der Waals surface area contributed by atoms with Crippen LogP contribution in [0, 0.1) is 0 Å². The van der Waals surface area contributed by atoms with Crippen molar-refractivity contribution in [2.75, 3.05) is 13.6 Å². The van der Waals surface area contributed by atoms with Gasteiger partial charge >= 0.3 is 0 Å². The van der Waals surface area contributed by atoms with E-state index < -0.39 is 5.91 Å². The van der Waals surface area contributed by atoms with Crippen molar-refractivity contribution in [2.24, 2.45) is 0 Å². The molecule has 0 saturated carbocycles. The second kappa shape index (κ2) is 5.87. The maximum atomic E-state index is 11.4. The molecule has 108 valence electrons. The van der Waals surface area contributed by atoms with Gasteiger partial charge in [0.1, 0.15) is 5.50 Å². The fourth-order valence-corrected chi connectivity index (χ4v) is 3.41. The van der Waals surface area contributed by atoms with Crippen molar-refractivity contribution in [2.45, 2.75) is 11.3 Å². The molecule has 0 bridgehead atoms. The van der Waals surface area contributed by atoms with Gasteiger partial charge in [-0.15, -0.1) is 11.8 Å². The summed E-state index contributed by atoms with van der Waals surface area (Å²) in [5.41, 5.74) is 1.06. The van der Waals surface area contributed by atoms with Gasteiger partial charge in [-0.05, 0) is 23.4 Å². The van der Waals surface area contributed by atoms with E-state index in [-0.39, 0.29) is 17.8 Å². The number of carbonyl (C=O) groups excluding carboxylic acids is 2. The summed E-state index contributed by atoms with van der Waals surface area (Å²) in [6.45, 7) is 0.182. The number of fused-ring (bicyclic) bond motifs is 1. The Balaban J connectivity index is 1.68. The van der Waals surface area contributed by atoms with Gasteiger partial charge in [0.2, 0.25) is 5.78 Å². The Bertz CT molecular complexity index is 701. The summed E-state index contributed by atoms with van der Waals surface area (Å²) in [5.74, 6) is -0.0712. The zero-order valence-electron chi connectivity index (χ0n) is 11.7. The van der Waals surface area contributed by atoms with Gasteiger partial charge in [-0.1, -0.05) is 42.5 Å². The Labute approximate surface area is 127 Å². The molecule has 1 fully saturated rings. The van der Waals surface area contributed by atoms with E-state index in [1.54, 1.807) is 11.8 Å². The monoisotopic (exact) mass is 300 g/mol. The molecule has 0 radical (unpaired) electrons. The second-order valence-corrected chi connectivity index (χ2v) is 6.23. The van der Waals surface area contributed by atoms with E-state index in [4.69, 9.17) is 0 Å². The summed E-state index contributed by atoms with van der Waals surface area (Å²) < 4.78 is 0. The number of ketones is 1. The van der Waals surface area contributed by atoms with E-state index in [2.05, 4.69) is 35.6 Å². The van der Waals surface area contributed by atoms with E-state index in [1.165, 1.54) is 16.3 Å². The number of thioether (sulfide) groups is 1. The smallest absolute Gasteiger partial charge is 0.290 e. The van der Waals surface area contributed by atoms with E-state index in [0.29, 0.717) is 0 Å². The molecule has 2 aromatic carbocycles. The number of rotatable bonds is 3. The first kappa shape index (κ1) is 14.1. The van der Waals surface area contributed by atoms with Crippen LogP contribution in [-0.2, 0) is 15.3 Å². The minimum atomic E-state index is -0.482. The Hall–Kier alpha value is -1.85. The molecule has 1 unspecified atom stereocenters. The highest BCUT2D eigenvalue weighted by atomic mass is 32.2. The summed E-state index contributed by atoms with van der Waals surface area (Å²) >= 11 is 1.61. The number of benzene rings is 2. The van der Waals surface area contributed by atoms with Crippen molar-refractivity contribution in [3.05, 3.63) is 48.0 Å². The van der Waals surface area contributed by atoms with E-state index in [0.717, 1.165) is 5.75 Å². The minimum Gasteiger partial charge on any atom is -0.325 e. The van der Waals surface area contributed by atoms with Crippen molar-refractivity contribution in [1.82, 2.24) is 10.2 Å². The van der Waals surface area contributed by atoms with Gasteiger partial charge in [0, 0.05) is 5.75 Å². The molecule has 5 heteroatoms. The Morgan fingerprint density at radius 3 is 2.76 bits per heavy atom. The largest absolute Gasteiger partial charge is 0.325 e. The topological polar surface area (TPSA) is 49.4 Å². The van der Waals surface area contributed by atoms with Gasteiger partial charge in [-0.3, -0.25) is 14.5 Å². The molecule has 0 aliphatic carbocycles. The number of likely N-dealkylation sites (N-methyl/N-ethyl adjacent to an activating group) is 1. The summed E-state index contributed by atoms with van der Waals surface area (Å²) in [5, 5.41) is 5.16. The normalized spacial score (nSPS) is 19.8. The lowest BCUT2D eigenvalue weighted by Gasteiger charge is -2.31. The molecule has 1 aliphatic rings. The number of hydrogen-bond acceptors (Lipinski definition) is 4. The molecule has 21 heavy (non-hydrogen) atoms. The van der Waals surface area contributed by atoms with Crippen molar-refractivity contribution < 1.29 is 9.59 Å². The van der Waals surface area contributed by atoms with Crippen molar-refractivity contribution in [1.29, 1.82) is 0 Å². The highest BCUT2D eigenvalue weighted by molar-refractivity contribution is 7.99. The van der Waals surface area contributed by atoms with Crippen molar-refractivity contribution in [3.8, 4) is 0 Å². The highest BCUT2D eigenvalue weighted by Gasteiger charge is 2.29. The molecule has 0 spiro atoms. The van der Waals surface area contributed by atoms with Gasteiger partial charge in [0.15, 0.2) is 0 Å². The first-order valence-corrected chi connectivity index (χ1v) is 7.81. The number of nitrogens with one attached hydrogen (secondary N) is 1. The molecular formula is C16H16N2O2S. The molecule has 1 N–H and O–H groups in total. The van der Waals surface area contributed by atoms with Crippen LogP contribution < -0.4 is 5.32 Å². The van der Waals surface area contributed by atoms with Gasteiger partial charge < -0.3 is 5.32 Å². The lowest BCUT2D eigenvalue weighted by Crippen LogP contribution is -2.55. The predicted molar refractivity (Wildman–Crippen MR) is 84.8 cm³/mol. The Kier molecular flexibility index (Phi) is 3.94. The minimum absolute atomic E-state index is 0.151. The third-order valence-electron chi connectivity index (χ3n) is 3.52. The number of hydrogen-bond donors (Lipinski definition) is 1. The SMILES string of the molecule is CN1CC(=O)C(=O)NC1SCc1ccc2ccccc2c1. The molecule has 1 atom stereocenters. The zero-order valence-corrected chi connectivity index (χ0v) is 12.5. The molecule has 4 nitrogen and oxygen atoms in total. The number of Topliss-reactive ketones (excluding diaryl/α,β-unsaturated/α-hetero) is 1. The average molecular weight is 300 g/mol. The van der Waals surface area contributed by atoms with Gasteiger partial charge in [0.05, 0.1) is 6.54 Å². The van der Waals surface area contributed by atoms with Crippen LogP contribution in [0.3, 0.4) is 0 Å². The first-order chi connectivity index (χ1) is 10.1. The standard InChI is InChI=1S/C16H16N2O2S/c1-18-9-14(19)15(20)17-16(18)21-10-11-6-7-12-4-2-3-5-13(12)8-11/h2-8,16H,9-10H2,1H3,(H,17,20). The van der Waals surface area contributed by atoms with Gasteiger partial charge in [-0.2, -0.15) is 0 Å².